The van der Waals surface area contributed by atoms with Gasteiger partial charge in [0.25, 0.3) is 15.9 Å². The minimum absolute atomic E-state index is 0.0828. The number of nitrogens with one attached hydrogen (secondary N) is 2. The van der Waals surface area contributed by atoms with Crippen LogP contribution in [0.3, 0.4) is 0 Å². The summed E-state index contributed by atoms with van der Waals surface area (Å²) in [4.78, 5) is 12.4. The van der Waals surface area contributed by atoms with E-state index in [1.54, 1.807) is 31.2 Å². The van der Waals surface area contributed by atoms with Gasteiger partial charge < -0.3 is 5.32 Å². The van der Waals surface area contributed by atoms with Gasteiger partial charge in [-0.05, 0) is 61.0 Å². The number of carbonyl (C=O) groups excluding carboxylic acids is 1. The lowest BCUT2D eigenvalue weighted by molar-refractivity contribution is 0.102. The van der Waals surface area contributed by atoms with Gasteiger partial charge in [-0.2, -0.15) is 0 Å². The third-order valence-electron chi connectivity index (χ3n) is 3.83. The number of aryl methyl sites for hydroxylation is 1. The molecule has 3 aromatic rings. The molecule has 0 radical (unpaired) electrons. The highest BCUT2D eigenvalue weighted by atomic mass is 32.2. The van der Waals surface area contributed by atoms with Crippen LogP contribution < -0.4 is 10.0 Å². The first-order valence-corrected chi connectivity index (χ1v) is 9.59. The molecule has 0 fully saturated rings. The van der Waals surface area contributed by atoms with Gasteiger partial charge in [0.2, 0.25) is 0 Å². The van der Waals surface area contributed by atoms with Crippen molar-refractivity contribution in [3.8, 4) is 0 Å². The largest absolute Gasteiger partial charge is 0.319 e. The number of hydrogen-bond donors (Lipinski definition) is 2. The molecule has 27 heavy (non-hydrogen) atoms. The van der Waals surface area contributed by atoms with Gasteiger partial charge in [0.05, 0.1) is 10.6 Å². The lowest BCUT2D eigenvalue weighted by Gasteiger charge is -2.10. The quantitative estimate of drug-likeness (QED) is 0.693. The van der Waals surface area contributed by atoms with Gasteiger partial charge in [0.1, 0.15) is 5.82 Å². The van der Waals surface area contributed by atoms with E-state index >= 15 is 0 Å². The van der Waals surface area contributed by atoms with E-state index in [1.165, 1.54) is 48.5 Å². The number of rotatable bonds is 5. The summed E-state index contributed by atoms with van der Waals surface area (Å²) in [5.41, 5.74) is 1.43. The Morgan fingerprint density at radius 2 is 1.59 bits per heavy atom. The zero-order chi connectivity index (χ0) is 19.4. The highest BCUT2D eigenvalue weighted by molar-refractivity contribution is 7.92. The summed E-state index contributed by atoms with van der Waals surface area (Å²) in [6, 6.07) is 18.3. The second-order valence-electron chi connectivity index (χ2n) is 5.93. The number of sulfonamides is 1. The predicted molar refractivity (Wildman–Crippen MR) is 103 cm³/mol. The number of benzene rings is 3. The summed E-state index contributed by atoms with van der Waals surface area (Å²) in [5.74, 6) is -1.01. The molecule has 0 saturated heterocycles. The molecule has 0 unspecified atom stereocenters. The van der Waals surface area contributed by atoms with Crippen LogP contribution in [0, 0.1) is 12.7 Å². The number of amides is 1. The molecule has 1 amide bonds. The van der Waals surface area contributed by atoms with Gasteiger partial charge in [-0.15, -0.1) is 0 Å². The maximum Gasteiger partial charge on any atom is 0.261 e. The van der Waals surface area contributed by atoms with Gasteiger partial charge in [0, 0.05) is 11.3 Å². The molecule has 0 atom stereocenters. The molecule has 138 valence electrons. The summed E-state index contributed by atoms with van der Waals surface area (Å²) in [5, 5.41) is 2.49. The molecular formula is C20H17FN2O3S. The van der Waals surface area contributed by atoms with Gasteiger partial charge >= 0.3 is 0 Å². The standard InChI is InChI=1S/C20H17FN2O3S/c1-14-7-12-19(18(21)13-14)22-20(24)15-8-10-16(11-9-15)23-27(25,26)17-5-3-2-4-6-17/h2-13,23H,1H3,(H,22,24). The topological polar surface area (TPSA) is 75.3 Å². The van der Waals surface area contributed by atoms with Crippen LogP contribution in [0.25, 0.3) is 0 Å². The van der Waals surface area contributed by atoms with Crippen molar-refractivity contribution < 1.29 is 17.6 Å². The summed E-state index contributed by atoms with van der Waals surface area (Å²) in [6.45, 7) is 1.75. The molecule has 0 saturated carbocycles. The molecule has 7 heteroatoms. The maximum absolute atomic E-state index is 13.8. The van der Waals surface area contributed by atoms with Crippen molar-refractivity contribution >= 4 is 27.3 Å². The van der Waals surface area contributed by atoms with Crippen molar-refractivity contribution in [2.75, 3.05) is 10.0 Å². The molecule has 3 aromatic carbocycles. The third-order valence-corrected chi connectivity index (χ3v) is 5.22. The molecular weight excluding hydrogens is 367 g/mol. The van der Waals surface area contributed by atoms with Crippen molar-refractivity contribution in [3.63, 3.8) is 0 Å². The van der Waals surface area contributed by atoms with Crippen molar-refractivity contribution in [1.82, 2.24) is 0 Å². The van der Waals surface area contributed by atoms with Crippen molar-refractivity contribution in [2.45, 2.75) is 11.8 Å². The van der Waals surface area contributed by atoms with E-state index in [4.69, 9.17) is 0 Å². The van der Waals surface area contributed by atoms with Gasteiger partial charge in [0.15, 0.2) is 0 Å². The number of carbonyl (C=O) groups is 1. The highest BCUT2D eigenvalue weighted by Gasteiger charge is 2.14. The van der Waals surface area contributed by atoms with Crippen molar-refractivity contribution in [3.05, 3.63) is 89.7 Å². The van der Waals surface area contributed by atoms with Crippen LogP contribution >= 0.6 is 0 Å². The first-order chi connectivity index (χ1) is 12.8. The normalized spacial score (nSPS) is 11.0. The van der Waals surface area contributed by atoms with Gasteiger partial charge in [-0.25, -0.2) is 12.8 Å². The molecule has 0 aliphatic heterocycles. The van der Waals surface area contributed by atoms with Crippen LogP contribution in [-0.4, -0.2) is 14.3 Å². The molecule has 0 heterocycles. The van der Waals surface area contributed by atoms with Gasteiger partial charge in [-0.3, -0.25) is 9.52 Å². The number of halogens is 1. The fraction of sp³-hybridized carbons (Fsp3) is 0.0500. The van der Waals surface area contributed by atoms with Crippen LogP contribution in [0.1, 0.15) is 15.9 Å². The Morgan fingerprint density at radius 3 is 2.22 bits per heavy atom. The monoisotopic (exact) mass is 384 g/mol. The second-order valence-corrected chi connectivity index (χ2v) is 7.62. The summed E-state index contributed by atoms with van der Waals surface area (Å²) >= 11 is 0. The molecule has 5 nitrogen and oxygen atoms in total. The van der Waals surface area contributed by atoms with Gasteiger partial charge in [-0.1, -0.05) is 24.3 Å². The van der Waals surface area contributed by atoms with Crippen LogP contribution in [-0.2, 0) is 10.0 Å². The van der Waals surface area contributed by atoms with Crippen molar-refractivity contribution in [1.29, 1.82) is 0 Å². The Morgan fingerprint density at radius 1 is 0.926 bits per heavy atom. The highest BCUT2D eigenvalue weighted by Crippen LogP contribution is 2.19. The predicted octanol–water partition coefficient (Wildman–Crippen LogP) is 4.19. The van der Waals surface area contributed by atoms with E-state index in [2.05, 4.69) is 10.0 Å². The van der Waals surface area contributed by atoms with Crippen LogP contribution in [0.4, 0.5) is 15.8 Å². The Labute approximate surface area is 156 Å². The maximum atomic E-state index is 13.8. The number of hydrogen-bond acceptors (Lipinski definition) is 3. The van der Waals surface area contributed by atoms with Crippen LogP contribution in [0.2, 0.25) is 0 Å². The third kappa shape index (κ3) is 4.51. The fourth-order valence-corrected chi connectivity index (χ4v) is 3.50. The lowest BCUT2D eigenvalue weighted by Crippen LogP contribution is -2.14. The summed E-state index contributed by atoms with van der Waals surface area (Å²) in [6.07, 6.45) is 0. The van der Waals surface area contributed by atoms with Crippen molar-refractivity contribution in [2.24, 2.45) is 0 Å². The summed E-state index contributed by atoms with van der Waals surface area (Å²) < 4.78 is 40.9. The molecule has 3 rings (SSSR count). The second kappa shape index (κ2) is 7.59. The van der Waals surface area contributed by atoms with E-state index < -0.39 is 21.7 Å². The van der Waals surface area contributed by atoms with Crippen LogP contribution in [0.15, 0.2) is 77.7 Å². The lowest BCUT2D eigenvalue weighted by atomic mass is 10.1. The molecule has 0 aliphatic carbocycles. The first kappa shape index (κ1) is 18.6. The van der Waals surface area contributed by atoms with Crippen LogP contribution in [0.5, 0.6) is 0 Å². The molecule has 0 aromatic heterocycles. The fourth-order valence-electron chi connectivity index (χ4n) is 2.42. The van der Waals surface area contributed by atoms with E-state index in [-0.39, 0.29) is 16.1 Å². The van der Waals surface area contributed by atoms with E-state index in [0.717, 1.165) is 5.56 Å². The van der Waals surface area contributed by atoms with E-state index in [9.17, 15) is 17.6 Å². The van der Waals surface area contributed by atoms with E-state index in [1.807, 2.05) is 0 Å². The molecule has 0 bridgehead atoms. The Bertz CT molecular complexity index is 1070. The molecule has 0 aliphatic rings. The zero-order valence-electron chi connectivity index (χ0n) is 14.4. The summed E-state index contributed by atoms with van der Waals surface area (Å²) in [7, 11) is -3.70. The minimum atomic E-state index is -3.70. The number of anilines is 2. The first-order valence-electron chi connectivity index (χ1n) is 8.10. The zero-order valence-corrected chi connectivity index (χ0v) is 15.3. The Kier molecular flexibility index (Phi) is 5.23. The molecule has 0 spiro atoms. The smallest absolute Gasteiger partial charge is 0.261 e. The minimum Gasteiger partial charge on any atom is -0.319 e. The SMILES string of the molecule is Cc1ccc(NC(=O)c2ccc(NS(=O)(=O)c3ccccc3)cc2)c(F)c1. The average molecular weight is 384 g/mol. The van der Waals surface area contributed by atoms with E-state index in [0.29, 0.717) is 5.69 Å². The average Bonchev–Trinajstić information content (AvgIpc) is 2.65. The Balaban J connectivity index is 1.72. The molecule has 2 N–H and O–H groups in total. The Hall–Kier alpha value is -3.19.